The number of nitrogens with zero attached hydrogens (tertiary/aromatic N) is 1. The van der Waals surface area contributed by atoms with Crippen molar-refractivity contribution in [3.63, 3.8) is 0 Å². The lowest BCUT2D eigenvalue weighted by Gasteiger charge is -2.23. The number of carbonyl (C=O) groups excluding carboxylic acids is 1. The van der Waals surface area contributed by atoms with Crippen LogP contribution >= 0.6 is 0 Å². The predicted molar refractivity (Wildman–Crippen MR) is 116 cm³/mol. The van der Waals surface area contributed by atoms with E-state index >= 15 is 0 Å². The van der Waals surface area contributed by atoms with E-state index in [1.54, 1.807) is 12.1 Å². The molecule has 0 unspecified atom stereocenters. The zero-order chi connectivity index (χ0) is 22.3. The van der Waals surface area contributed by atoms with E-state index in [0.29, 0.717) is 17.2 Å². The lowest BCUT2D eigenvalue weighted by molar-refractivity contribution is -0.119. The molecule has 0 saturated heterocycles. The number of nitrogens with one attached hydrogen (secondary N) is 1. The second-order valence-corrected chi connectivity index (χ2v) is 8.68. The minimum absolute atomic E-state index is 0.246. The molecular weight excluding hydrogens is 408 g/mol. The second kappa shape index (κ2) is 10.2. The highest BCUT2D eigenvalue weighted by Gasteiger charge is 2.22. The topological polar surface area (TPSA) is 94.2 Å². The summed E-state index contributed by atoms with van der Waals surface area (Å²) in [5, 5.41) is 2.68. The van der Waals surface area contributed by atoms with Crippen LogP contribution < -0.4 is 23.8 Å². The maximum Gasteiger partial charge on any atom is 0.240 e. The van der Waals surface area contributed by atoms with E-state index in [2.05, 4.69) is 5.32 Å². The molecule has 0 radical (unpaired) electrons. The van der Waals surface area contributed by atoms with Crippen LogP contribution in [0.1, 0.15) is 11.1 Å². The number of methoxy groups -OCH3 is 2. The summed E-state index contributed by atoms with van der Waals surface area (Å²) >= 11 is 0. The van der Waals surface area contributed by atoms with E-state index in [-0.39, 0.29) is 19.7 Å². The molecule has 0 aliphatic heterocycles. The van der Waals surface area contributed by atoms with Gasteiger partial charge in [0.05, 0.1) is 32.7 Å². The number of ether oxygens (including phenoxy) is 3. The lowest BCUT2D eigenvalue weighted by Crippen LogP contribution is -2.41. The van der Waals surface area contributed by atoms with Crippen LogP contribution in [-0.2, 0) is 14.8 Å². The number of benzene rings is 2. The first-order valence-corrected chi connectivity index (χ1v) is 11.2. The first-order chi connectivity index (χ1) is 14.2. The molecule has 8 nitrogen and oxygen atoms in total. The molecule has 9 heteroatoms. The Morgan fingerprint density at radius 1 is 1.00 bits per heavy atom. The number of rotatable bonds is 10. The Bertz CT molecular complexity index is 991. The van der Waals surface area contributed by atoms with Crippen LogP contribution in [0.2, 0.25) is 0 Å². The van der Waals surface area contributed by atoms with Gasteiger partial charge in [0.25, 0.3) is 0 Å². The van der Waals surface area contributed by atoms with Crippen LogP contribution in [0.3, 0.4) is 0 Å². The van der Waals surface area contributed by atoms with E-state index in [1.807, 2.05) is 32.0 Å². The highest BCUT2D eigenvalue weighted by atomic mass is 32.2. The molecule has 2 rings (SSSR count). The van der Waals surface area contributed by atoms with E-state index < -0.39 is 15.9 Å². The molecule has 164 valence electrons. The van der Waals surface area contributed by atoms with Gasteiger partial charge in [0.1, 0.15) is 18.9 Å². The summed E-state index contributed by atoms with van der Waals surface area (Å²) in [6, 6.07) is 10.5. The number of anilines is 1. The number of amides is 1. The molecule has 1 N–H and O–H groups in total. The van der Waals surface area contributed by atoms with Crippen molar-refractivity contribution >= 4 is 21.6 Å². The minimum Gasteiger partial charge on any atom is -0.493 e. The van der Waals surface area contributed by atoms with Crippen molar-refractivity contribution in [3.05, 3.63) is 47.5 Å². The van der Waals surface area contributed by atoms with Gasteiger partial charge in [-0.1, -0.05) is 12.1 Å². The monoisotopic (exact) mass is 436 g/mol. The number of carbonyl (C=O) groups is 1. The fourth-order valence-electron chi connectivity index (χ4n) is 2.78. The van der Waals surface area contributed by atoms with Crippen LogP contribution in [0.25, 0.3) is 0 Å². The molecule has 0 spiro atoms. The first kappa shape index (κ1) is 23.3. The summed E-state index contributed by atoms with van der Waals surface area (Å²) in [6.45, 7) is 4.07. The summed E-state index contributed by atoms with van der Waals surface area (Å²) in [5.74, 6) is 1.14. The van der Waals surface area contributed by atoms with Crippen molar-refractivity contribution in [3.8, 4) is 17.2 Å². The molecule has 2 aromatic carbocycles. The zero-order valence-corrected chi connectivity index (χ0v) is 18.7. The third kappa shape index (κ3) is 6.28. The minimum atomic E-state index is -3.70. The smallest absolute Gasteiger partial charge is 0.240 e. The summed E-state index contributed by atoms with van der Waals surface area (Å²) < 4.78 is 41.6. The molecular formula is C21H28N2O6S. The summed E-state index contributed by atoms with van der Waals surface area (Å²) in [7, 11) is -0.757. The summed E-state index contributed by atoms with van der Waals surface area (Å²) in [6.07, 6.45) is 1.04. The van der Waals surface area contributed by atoms with Gasteiger partial charge in [-0.3, -0.25) is 9.10 Å². The average molecular weight is 437 g/mol. The van der Waals surface area contributed by atoms with Crippen molar-refractivity contribution in [2.24, 2.45) is 0 Å². The van der Waals surface area contributed by atoms with Gasteiger partial charge in [0, 0.05) is 6.07 Å². The van der Waals surface area contributed by atoms with Crippen molar-refractivity contribution in [2.45, 2.75) is 13.8 Å². The fourth-order valence-corrected chi connectivity index (χ4v) is 3.63. The van der Waals surface area contributed by atoms with Gasteiger partial charge < -0.3 is 19.5 Å². The van der Waals surface area contributed by atoms with Gasteiger partial charge in [-0.2, -0.15) is 0 Å². The normalized spacial score (nSPS) is 11.0. The van der Waals surface area contributed by atoms with E-state index in [9.17, 15) is 13.2 Å². The molecule has 2 aromatic rings. The molecule has 0 fully saturated rings. The lowest BCUT2D eigenvalue weighted by atomic mass is 10.1. The molecule has 0 saturated carbocycles. The SMILES string of the molecule is COc1ccc(N(CC(=O)NCCOc2cc(C)ccc2C)S(C)(=O)=O)cc1OC. The van der Waals surface area contributed by atoms with Crippen molar-refractivity contribution in [2.75, 3.05) is 44.5 Å². The van der Waals surface area contributed by atoms with Crippen LogP contribution in [-0.4, -0.2) is 54.5 Å². The molecule has 0 atom stereocenters. The van der Waals surface area contributed by atoms with E-state index in [0.717, 1.165) is 27.4 Å². The number of hydrogen-bond acceptors (Lipinski definition) is 6. The van der Waals surface area contributed by atoms with E-state index in [1.165, 1.54) is 20.3 Å². The number of hydrogen-bond donors (Lipinski definition) is 1. The van der Waals surface area contributed by atoms with Crippen LogP contribution in [0.4, 0.5) is 5.69 Å². The molecule has 0 aliphatic rings. The second-order valence-electron chi connectivity index (χ2n) is 6.78. The molecule has 0 bridgehead atoms. The van der Waals surface area contributed by atoms with Crippen molar-refractivity contribution in [1.29, 1.82) is 0 Å². The van der Waals surface area contributed by atoms with Gasteiger partial charge >= 0.3 is 0 Å². The maximum absolute atomic E-state index is 12.4. The predicted octanol–water partition coefficient (Wildman–Crippen LogP) is 2.28. The van der Waals surface area contributed by atoms with Crippen LogP contribution in [0, 0.1) is 13.8 Å². The Labute approximate surface area is 177 Å². The Hall–Kier alpha value is -2.94. The summed E-state index contributed by atoms with van der Waals surface area (Å²) in [4.78, 5) is 12.4. The Morgan fingerprint density at radius 3 is 2.33 bits per heavy atom. The van der Waals surface area contributed by atoms with Gasteiger partial charge in [-0.05, 0) is 43.2 Å². The highest BCUT2D eigenvalue weighted by Crippen LogP contribution is 2.32. The van der Waals surface area contributed by atoms with Crippen molar-refractivity contribution in [1.82, 2.24) is 5.32 Å². The number of sulfonamides is 1. The largest absolute Gasteiger partial charge is 0.493 e. The number of aryl methyl sites for hydroxylation is 2. The Balaban J connectivity index is 2.00. The third-order valence-corrected chi connectivity index (χ3v) is 5.51. The van der Waals surface area contributed by atoms with Gasteiger partial charge in [-0.25, -0.2) is 8.42 Å². The standard InChI is InChI=1S/C21H28N2O6S/c1-15-6-7-16(2)19(12-15)29-11-10-22-21(24)14-23(30(5,25)26)17-8-9-18(27-3)20(13-17)28-4/h6-9,12-13H,10-11,14H2,1-5H3,(H,22,24). The Morgan fingerprint density at radius 2 is 1.70 bits per heavy atom. The van der Waals surface area contributed by atoms with E-state index in [4.69, 9.17) is 14.2 Å². The van der Waals surface area contributed by atoms with Crippen molar-refractivity contribution < 1.29 is 27.4 Å². The molecule has 1 amide bonds. The fraction of sp³-hybridized carbons (Fsp3) is 0.381. The van der Waals surface area contributed by atoms with Gasteiger partial charge in [0.15, 0.2) is 11.5 Å². The van der Waals surface area contributed by atoms with Gasteiger partial charge in [-0.15, -0.1) is 0 Å². The third-order valence-electron chi connectivity index (χ3n) is 4.37. The molecule has 0 aliphatic carbocycles. The molecule has 30 heavy (non-hydrogen) atoms. The highest BCUT2D eigenvalue weighted by molar-refractivity contribution is 7.92. The molecule has 0 heterocycles. The summed E-state index contributed by atoms with van der Waals surface area (Å²) in [5.41, 5.74) is 2.39. The first-order valence-electron chi connectivity index (χ1n) is 9.32. The molecule has 0 aromatic heterocycles. The van der Waals surface area contributed by atoms with Gasteiger partial charge in [0.2, 0.25) is 15.9 Å². The zero-order valence-electron chi connectivity index (χ0n) is 17.9. The maximum atomic E-state index is 12.4. The van der Waals surface area contributed by atoms with Crippen LogP contribution in [0.15, 0.2) is 36.4 Å². The van der Waals surface area contributed by atoms with Crippen LogP contribution in [0.5, 0.6) is 17.2 Å². The average Bonchev–Trinajstić information content (AvgIpc) is 2.70. The Kier molecular flexibility index (Phi) is 7.93. The quantitative estimate of drug-likeness (QED) is 0.575.